The summed E-state index contributed by atoms with van der Waals surface area (Å²) in [4.78, 5) is 12.4. The van der Waals surface area contributed by atoms with Gasteiger partial charge in [-0.25, -0.2) is 4.68 Å². The average Bonchev–Trinajstić information content (AvgIpc) is 2.96. The van der Waals surface area contributed by atoms with Crippen molar-refractivity contribution in [2.75, 3.05) is 13.2 Å². The van der Waals surface area contributed by atoms with E-state index in [0.29, 0.717) is 6.04 Å². The van der Waals surface area contributed by atoms with Crippen LogP contribution in [0, 0.1) is 5.41 Å². The number of hydrogen-bond donors (Lipinski definition) is 1. The number of hydrogen-bond acceptors (Lipinski definition) is 4. The van der Waals surface area contributed by atoms with Crippen LogP contribution >= 0.6 is 0 Å². The predicted molar refractivity (Wildman–Crippen MR) is 81.2 cm³/mol. The molecule has 1 saturated heterocycles. The van der Waals surface area contributed by atoms with Gasteiger partial charge >= 0.3 is 0 Å². The van der Waals surface area contributed by atoms with Gasteiger partial charge in [0.2, 0.25) is 5.91 Å². The molecule has 1 saturated carbocycles. The van der Waals surface area contributed by atoms with Crippen LogP contribution in [-0.4, -0.2) is 40.2 Å². The number of para-hydroxylation sites is 1. The quantitative estimate of drug-likeness (QED) is 0.933. The summed E-state index contributed by atoms with van der Waals surface area (Å²) in [6.07, 6.45) is 4.39. The zero-order valence-electron chi connectivity index (χ0n) is 12.5. The first-order chi connectivity index (χ1) is 10.8. The zero-order valence-corrected chi connectivity index (χ0v) is 12.5. The Morgan fingerprint density at radius 2 is 2.14 bits per heavy atom. The number of nitrogens with zero attached hydrogens (tertiary/aromatic N) is 3. The van der Waals surface area contributed by atoms with Crippen LogP contribution in [0.2, 0.25) is 0 Å². The molecule has 1 spiro atoms. The topological polar surface area (TPSA) is 69.0 Å². The summed E-state index contributed by atoms with van der Waals surface area (Å²) in [5.41, 5.74) is 1.99. The molecular weight excluding hydrogens is 280 g/mol. The second kappa shape index (κ2) is 5.35. The number of fused-ring (bicyclic) bond motifs is 1. The summed E-state index contributed by atoms with van der Waals surface area (Å²) < 4.78 is 7.12. The fourth-order valence-electron chi connectivity index (χ4n) is 3.71. The lowest BCUT2D eigenvalue weighted by atomic mass is 9.60. The average molecular weight is 300 g/mol. The number of nitrogens with one attached hydrogen (secondary N) is 1. The molecule has 1 atom stereocenters. The Bertz CT molecular complexity index is 690. The van der Waals surface area contributed by atoms with Crippen LogP contribution in [0.5, 0.6) is 0 Å². The lowest BCUT2D eigenvalue weighted by Crippen LogP contribution is -2.57. The number of amides is 1. The Balaban J connectivity index is 1.42. The minimum Gasteiger partial charge on any atom is -0.381 e. The number of carbonyl (C=O) groups is 1. The summed E-state index contributed by atoms with van der Waals surface area (Å²) in [6.45, 7) is 1.86. The van der Waals surface area contributed by atoms with E-state index in [9.17, 15) is 4.79 Å². The fourth-order valence-corrected chi connectivity index (χ4v) is 3.71. The van der Waals surface area contributed by atoms with Crippen LogP contribution in [0.3, 0.4) is 0 Å². The molecular formula is C16H20N4O2. The van der Waals surface area contributed by atoms with Gasteiger partial charge < -0.3 is 10.1 Å². The van der Waals surface area contributed by atoms with Gasteiger partial charge in [0.05, 0.1) is 5.52 Å². The summed E-state index contributed by atoms with van der Waals surface area (Å²) in [5, 5.41) is 11.4. The van der Waals surface area contributed by atoms with Gasteiger partial charge in [-0.05, 0) is 43.2 Å². The molecule has 2 aromatic rings. The number of aromatic nitrogens is 3. The molecule has 1 aliphatic carbocycles. The molecule has 4 rings (SSSR count). The van der Waals surface area contributed by atoms with E-state index in [4.69, 9.17) is 4.74 Å². The minimum absolute atomic E-state index is 0.0196. The third-order valence-corrected chi connectivity index (χ3v) is 5.21. The van der Waals surface area contributed by atoms with Crippen molar-refractivity contribution in [2.24, 2.45) is 5.41 Å². The summed E-state index contributed by atoms with van der Waals surface area (Å²) in [5.74, 6) is 0.0196. The van der Waals surface area contributed by atoms with Crippen molar-refractivity contribution in [3.05, 3.63) is 24.3 Å². The largest absolute Gasteiger partial charge is 0.381 e. The van der Waals surface area contributed by atoms with Gasteiger partial charge in [-0.1, -0.05) is 17.3 Å². The number of rotatable bonds is 3. The maximum Gasteiger partial charge on any atom is 0.242 e. The van der Waals surface area contributed by atoms with Crippen LogP contribution in [0.1, 0.15) is 25.7 Å². The van der Waals surface area contributed by atoms with E-state index >= 15 is 0 Å². The molecule has 1 N–H and O–H groups in total. The summed E-state index contributed by atoms with van der Waals surface area (Å²) in [6, 6.07) is 7.98. The Hall–Kier alpha value is -1.95. The molecule has 1 unspecified atom stereocenters. The van der Waals surface area contributed by atoms with Crippen molar-refractivity contribution in [3.63, 3.8) is 0 Å². The maximum atomic E-state index is 12.4. The van der Waals surface area contributed by atoms with Crippen molar-refractivity contribution in [2.45, 2.75) is 38.3 Å². The Labute approximate surface area is 128 Å². The molecule has 2 heterocycles. The van der Waals surface area contributed by atoms with Gasteiger partial charge in [-0.2, -0.15) is 0 Å². The lowest BCUT2D eigenvalue weighted by molar-refractivity contribution is -0.127. The first-order valence-electron chi connectivity index (χ1n) is 7.92. The van der Waals surface area contributed by atoms with E-state index < -0.39 is 0 Å². The second-order valence-electron chi connectivity index (χ2n) is 6.37. The van der Waals surface area contributed by atoms with Crippen LogP contribution in [-0.2, 0) is 16.1 Å². The molecule has 1 aromatic carbocycles. The first kappa shape index (κ1) is 13.7. The van der Waals surface area contributed by atoms with E-state index in [2.05, 4.69) is 15.6 Å². The molecule has 1 aliphatic heterocycles. The van der Waals surface area contributed by atoms with Crippen molar-refractivity contribution in [1.29, 1.82) is 0 Å². The van der Waals surface area contributed by atoms with Gasteiger partial charge in [0, 0.05) is 19.3 Å². The number of carbonyl (C=O) groups excluding carboxylic acids is 1. The van der Waals surface area contributed by atoms with E-state index in [0.717, 1.165) is 43.5 Å². The molecule has 116 valence electrons. The zero-order chi connectivity index (χ0) is 15.0. The Kier molecular flexibility index (Phi) is 3.33. The van der Waals surface area contributed by atoms with Crippen molar-refractivity contribution >= 4 is 16.9 Å². The third kappa shape index (κ3) is 2.27. The Morgan fingerprint density at radius 3 is 2.91 bits per heavy atom. The Morgan fingerprint density at radius 1 is 1.32 bits per heavy atom. The predicted octanol–water partition coefficient (Wildman–Crippen LogP) is 1.51. The number of benzene rings is 1. The minimum atomic E-state index is 0.0196. The van der Waals surface area contributed by atoms with Gasteiger partial charge in [0.25, 0.3) is 0 Å². The number of ether oxygens (including phenoxy) is 1. The molecule has 1 amide bonds. The molecule has 2 aliphatic rings. The summed E-state index contributed by atoms with van der Waals surface area (Å²) >= 11 is 0. The van der Waals surface area contributed by atoms with Crippen LogP contribution in [0.4, 0.5) is 0 Å². The summed E-state index contributed by atoms with van der Waals surface area (Å²) in [7, 11) is 0. The van der Waals surface area contributed by atoms with Crippen molar-refractivity contribution < 1.29 is 9.53 Å². The molecule has 2 fully saturated rings. The highest BCUT2D eigenvalue weighted by Crippen LogP contribution is 2.48. The maximum absolute atomic E-state index is 12.4. The van der Waals surface area contributed by atoms with Crippen molar-refractivity contribution in [1.82, 2.24) is 20.3 Å². The normalized spacial score (nSPS) is 23.4. The van der Waals surface area contributed by atoms with E-state index in [1.165, 1.54) is 6.42 Å². The van der Waals surface area contributed by atoms with Crippen LogP contribution in [0.15, 0.2) is 24.3 Å². The highest BCUT2D eigenvalue weighted by atomic mass is 16.5. The molecule has 22 heavy (non-hydrogen) atoms. The van der Waals surface area contributed by atoms with E-state index in [1.54, 1.807) is 4.68 Å². The first-order valence-corrected chi connectivity index (χ1v) is 7.92. The SMILES string of the molecule is O=C(Cn1nnc2ccccc21)NC1CCC12CCOCC2. The smallest absolute Gasteiger partial charge is 0.242 e. The highest BCUT2D eigenvalue weighted by molar-refractivity contribution is 5.80. The van der Waals surface area contributed by atoms with Gasteiger partial charge in [0.15, 0.2) is 0 Å². The second-order valence-corrected chi connectivity index (χ2v) is 6.37. The standard InChI is InChI=1S/C16H20N4O2/c21-15(11-20-13-4-2-1-3-12(13)18-19-20)17-14-5-6-16(14)7-9-22-10-8-16/h1-4,14H,5-11H2,(H,17,21). The van der Waals surface area contributed by atoms with Gasteiger partial charge in [-0.15, -0.1) is 5.10 Å². The van der Waals surface area contributed by atoms with Crippen molar-refractivity contribution in [3.8, 4) is 0 Å². The molecule has 6 nitrogen and oxygen atoms in total. The molecule has 6 heteroatoms. The molecule has 0 bridgehead atoms. The highest BCUT2D eigenvalue weighted by Gasteiger charge is 2.47. The van der Waals surface area contributed by atoms with Crippen LogP contribution < -0.4 is 5.32 Å². The van der Waals surface area contributed by atoms with E-state index in [-0.39, 0.29) is 17.9 Å². The molecule has 0 radical (unpaired) electrons. The lowest BCUT2D eigenvalue weighted by Gasteiger charge is -2.52. The van der Waals surface area contributed by atoms with Crippen LogP contribution in [0.25, 0.3) is 11.0 Å². The molecule has 1 aromatic heterocycles. The van der Waals surface area contributed by atoms with Gasteiger partial charge in [-0.3, -0.25) is 4.79 Å². The monoisotopic (exact) mass is 300 g/mol. The third-order valence-electron chi connectivity index (χ3n) is 5.21. The van der Waals surface area contributed by atoms with E-state index in [1.807, 2.05) is 24.3 Å². The fraction of sp³-hybridized carbons (Fsp3) is 0.562. The van der Waals surface area contributed by atoms with Gasteiger partial charge in [0.1, 0.15) is 12.1 Å².